The van der Waals surface area contributed by atoms with Crippen molar-refractivity contribution in [2.24, 2.45) is 0 Å². The van der Waals surface area contributed by atoms with Gasteiger partial charge in [-0.3, -0.25) is 4.79 Å². The zero-order valence-corrected chi connectivity index (χ0v) is 15.1. The third-order valence-corrected chi connectivity index (χ3v) is 4.48. The summed E-state index contributed by atoms with van der Waals surface area (Å²) in [6, 6.07) is 5.74. The quantitative estimate of drug-likeness (QED) is 0.805. The molecule has 24 heavy (non-hydrogen) atoms. The van der Waals surface area contributed by atoms with Crippen molar-refractivity contribution in [3.63, 3.8) is 0 Å². The number of anilines is 1. The number of nitrogens with zero attached hydrogens (tertiary/aromatic N) is 1. The van der Waals surface area contributed by atoms with Gasteiger partial charge in [0.15, 0.2) is 0 Å². The molecule has 2 rings (SSSR count). The molecule has 2 N–H and O–H groups in total. The molecule has 5 nitrogen and oxygen atoms in total. The SMILES string of the molecule is Cc1ccc(NC(=O)CC2(O)CCCCC2)c(OCCN(C)C)c1. The number of hydrogen-bond donors (Lipinski definition) is 2. The van der Waals surface area contributed by atoms with Crippen LogP contribution in [0.25, 0.3) is 0 Å². The molecule has 0 spiro atoms. The second-order valence-corrected chi connectivity index (χ2v) is 7.16. The first-order valence-electron chi connectivity index (χ1n) is 8.78. The number of ether oxygens (including phenoxy) is 1. The molecule has 134 valence electrons. The van der Waals surface area contributed by atoms with Gasteiger partial charge in [0, 0.05) is 6.54 Å². The maximum Gasteiger partial charge on any atom is 0.227 e. The highest BCUT2D eigenvalue weighted by Gasteiger charge is 2.31. The highest BCUT2D eigenvalue weighted by atomic mass is 16.5. The van der Waals surface area contributed by atoms with Crippen LogP contribution in [-0.4, -0.2) is 48.8 Å². The number of aliphatic hydroxyl groups is 1. The fourth-order valence-corrected chi connectivity index (χ4v) is 3.07. The Morgan fingerprint density at radius 1 is 1.29 bits per heavy atom. The Balaban J connectivity index is 1.98. The van der Waals surface area contributed by atoms with Gasteiger partial charge in [-0.25, -0.2) is 0 Å². The van der Waals surface area contributed by atoms with Crippen LogP contribution in [0, 0.1) is 6.92 Å². The number of hydrogen-bond acceptors (Lipinski definition) is 4. The molecule has 1 fully saturated rings. The molecule has 0 heterocycles. The van der Waals surface area contributed by atoms with Crippen molar-refractivity contribution >= 4 is 11.6 Å². The van der Waals surface area contributed by atoms with E-state index in [9.17, 15) is 9.90 Å². The van der Waals surface area contributed by atoms with Crippen molar-refractivity contribution in [3.8, 4) is 5.75 Å². The number of aryl methyl sites for hydroxylation is 1. The number of rotatable bonds is 7. The normalized spacial score (nSPS) is 16.9. The minimum Gasteiger partial charge on any atom is -0.490 e. The maximum atomic E-state index is 12.4. The van der Waals surface area contributed by atoms with Crippen LogP contribution in [0.5, 0.6) is 5.75 Å². The molecular formula is C19H30N2O3. The van der Waals surface area contributed by atoms with Crippen LogP contribution in [0.15, 0.2) is 18.2 Å². The van der Waals surface area contributed by atoms with E-state index in [0.717, 1.165) is 31.4 Å². The van der Waals surface area contributed by atoms with Crippen LogP contribution in [0.1, 0.15) is 44.1 Å². The van der Waals surface area contributed by atoms with Gasteiger partial charge in [-0.1, -0.05) is 25.3 Å². The number of carbonyl (C=O) groups is 1. The topological polar surface area (TPSA) is 61.8 Å². The van der Waals surface area contributed by atoms with Gasteiger partial charge < -0.3 is 20.1 Å². The Labute approximate surface area is 145 Å². The molecule has 0 unspecified atom stereocenters. The summed E-state index contributed by atoms with van der Waals surface area (Å²) in [5.74, 6) is 0.529. The van der Waals surface area contributed by atoms with E-state index < -0.39 is 5.60 Å². The van der Waals surface area contributed by atoms with E-state index in [1.54, 1.807) is 0 Å². The van der Waals surface area contributed by atoms with E-state index in [1.807, 2.05) is 44.1 Å². The number of nitrogens with one attached hydrogen (secondary N) is 1. The fourth-order valence-electron chi connectivity index (χ4n) is 3.07. The third kappa shape index (κ3) is 5.80. The minimum atomic E-state index is -0.848. The molecule has 1 aromatic carbocycles. The largest absolute Gasteiger partial charge is 0.490 e. The van der Waals surface area contributed by atoms with Gasteiger partial charge in [-0.05, 0) is 51.6 Å². The minimum absolute atomic E-state index is 0.151. The lowest BCUT2D eigenvalue weighted by molar-refractivity contribution is -0.122. The third-order valence-electron chi connectivity index (χ3n) is 4.48. The Kier molecular flexibility index (Phi) is 6.63. The van der Waals surface area contributed by atoms with E-state index in [0.29, 0.717) is 30.9 Å². The van der Waals surface area contributed by atoms with Crippen molar-refractivity contribution in [2.45, 2.75) is 51.0 Å². The molecule has 0 radical (unpaired) electrons. The summed E-state index contributed by atoms with van der Waals surface area (Å²) in [4.78, 5) is 14.4. The van der Waals surface area contributed by atoms with E-state index in [1.165, 1.54) is 0 Å². The van der Waals surface area contributed by atoms with E-state index in [2.05, 4.69) is 5.32 Å². The summed E-state index contributed by atoms with van der Waals surface area (Å²) < 4.78 is 5.83. The van der Waals surface area contributed by atoms with Crippen LogP contribution < -0.4 is 10.1 Å². The van der Waals surface area contributed by atoms with Crippen LogP contribution in [0.3, 0.4) is 0 Å². The molecule has 0 atom stereocenters. The molecule has 1 aliphatic rings. The van der Waals surface area contributed by atoms with Gasteiger partial charge in [0.25, 0.3) is 0 Å². The van der Waals surface area contributed by atoms with Crippen molar-refractivity contribution in [1.82, 2.24) is 4.90 Å². The molecule has 0 saturated heterocycles. The summed E-state index contributed by atoms with van der Waals surface area (Å²) in [5, 5.41) is 13.4. The van der Waals surface area contributed by atoms with Crippen molar-refractivity contribution < 1.29 is 14.6 Å². The first-order chi connectivity index (χ1) is 11.4. The number of benzene rings is 1. The Bertz CT molecular complexity index is 552. The highest BCUT2D eigenvalue weighted by Crippen LogP contribution is 2.32. The van der Waals surface area contributed by atoms with E-state index >= 15 is 0 Å². The summed E-state index contributed by atoms with van der Waals surface area (Å²) in [5.41, 5.74) is 0.904. The monoisotopic (exact) mass is 334 g/mol. The number of carbonyl (C=O) groups excluding carboxylic acids is 1. The molecule has 1 amide bonds. The van der Waals surface area contributed by atoms with Crippen LogP contribution in [0.2, 0.25) is 0 Å². The molecule has 1 aromatic rings. The van der Waals surface area contributed by atoms with Gasteiger partial charge in [-0.2, -0.15) is 0 Å². The molecule has 0 aliphatic heterocycles. The Morgan fingerprint density at radius 3 is 2.67 bits per heavy atom. The van der Waals surface area contributed by atoms with Crippen LogP contribution >= 0.6 is 0 Å². The van der Waals surface area contributed by atoms with Crippen molar-refractivity contribution in [2.75, 3.05) is 32.6 Å². The first-order valence-corrected chi connectivity index (χ1v) is 8.78. The van der Waals surface area contributed by atoms with Crippen molar-refractivity contribution in [3.05, 3.63) is 23.8 Å². The molecule has 1 saturated carbocycles. The standard InChI is InChI=1S/C19H30N2O3/c1-15-7-8-16(17(13-15)24-12-11-21(2)3)20-18(22)14-19(23)9-5-4-6-10-19/h7-8,13,23H,4-6,9-12,14H2,1-3H3,(H,20,22). The van der Waals surface area contributed by atoms with Gasteiger partial charge in [0.1, 0.15) is 12.4 Å². The summed E-state index contributed by atoms with van der Waals surface area (Å²) in [6.45, 7) is 3.36. The maximum absolute atomic E-state index is 12.4. The predicted molar refractivity (Wildman–Crippen MR) is 96.5 cm³/mol. The van der Waals surface area contributed by atoms with Crippen LogP contribution in [0.4, 0.5) is 5.69 Å². The first kappa shape index (κ1) is 18.7. The molecule has 0 bridgehead atoms. The summed E-state index contributed by atoms with van der Waals surface area (Å²) in [7, 11) is 3.99. The van der Waals surface area contributed by atoms with Crippen molar-refractivity contribution in [1.29, 1.82) is 0 Å². The molecule has 0 aromatic heterocycles. The second-order valence-electron chi connectivity index (χ2n) is 7.16. The van der Waals surface area contributed by atoms with Crippen LogP contribution in [-0.2, 0) is 4.79 Å². The molecular weight excluding hydrogens is 304 g/mol. The fraction of sp³-hybridized carbons (Fsp3) is 0.632. The number of likely N-dealkylation sites (N-methyl/N-ethyl adjacent to an activating group) is 1. The number of amides is 1. The zero-order valence-electron chi connectivity index (χ0n) is 15.1. The smallest absolute Gasteiger partial charge is 0.227 e. The zero-order chi connectivity index (χ0) is 17.6. The van der Waals surface area contributed by atoms with E-state index in [4.69, 9.17) is 4.74 Å². The lowest BCUT2D eigenvalue weighted by Gasteiger charge is -2.31. The van der Waals surface area contributed by atoms with E-state index in [-0.39, 0.29) is 12.3 Å². The highest BCUT2D eigenvalue weighted by molar-refractivity contribution is 5.93. The average Bonchev–Trinajstić information content (AvgIpc) is 2.49. The predicted octanol–water partition coefficient (Wildman–Crippen LogP) is 2.96. The lowest BCUT2D eigenvalue weighted by Crippen LogP contribution is -2.36. The Hall–Kier alpha value is -1.59. The van der Waals surface area contributed by atoms with Gasteiger partial charge in [0.2, 0.25) is 5.91 Å². The lowest BCUT2D eigenvalue weighted by atomic mass is 9.82. The van der Waals surface area contributed by atoms with Gasteiger partial charge >= 0.3 is 0 Å². The Morgan fingerprint density at radius 2 is 2.00 bits per heavy atom. The summed E-state index contributed by atoms with van der Waals surface area (Å²) in [6.07, 6.45) is 4.70. The summed E-state index contributed by atoms with van der Waals surface area (Å²) >= 11 is 0. The second kappa shape index (κ2) is 8.49. The molecule has 5 heteroatoms. The average molecular weight is 334 g/mol. The van der Waals surface area contributed by atoms with Gasteiger partial charge in [-0.15, -0.1) is 0 Å². The van der Waals surface area contributed by atoms with Gasteiger partial charge in [0.05, 0.1) is 17.7 Å². The molecule has 1 aliphatic carbocycles.